The van der Waals surface area contributed by atoms with Crippen molar-refractivity contribution in [2.45, 2.75) is 63.5 Å². The Kier molecular flexibility index (Phi) is 4.85. The van der Waals surface area contributed by atoms with Crippen LogP contribution in [0.2, 0.25) is 0 Å². The average molecular weight is 268 g/mol. The maximum Gasteiger partial charge on any atom is 0.222 e. The number of carbonyl (C=O) groups is 1. The van der Waals surface area contributed by atoms with Gasteiger partial charge in [0.25, 0.3) is 0 Å². The quantitative estimate of drug-likeness (QED) is 0.851. The number of ether oxygens (including phenoxy) is 1. The van der Waals surface area contributed by atoms with Gasteiger partial charge >= 0.3 is 0 Å². The number of likely N-dealkylation sites (tertiary alicyclic amines) is 1. The molecule has 110 valence electrons. The normalized spacial score (nSPS) is 36.3. The molecule has 1 saturated carbocycles. The van der Waals surface area contributed by atoms with E-state index in [0.29, 0.717) is 24.3 Å². The molecule has 0 bridgehead atoms. The lowest BCUT2D eigenvalue weighted by atomic mass is 9.84. The molecule has 1 aliphatic carbocycles. The van der Waals surface area contributed by atoms with Gasteiger partial charge in [0.05, 0.1) is 5.60 Å². The van der Waals surface area contributed by atoms with Crippen molar-refractivity contribution >= 4 is 5.91 Å². The van der Waals surface area contributed by atoms with E-state index in [1.807, 2.05) is 4.90 Å². The molecule has 2 rings (SSSR count). The van der Waals surface area contributed by atoms with E-state index in [2.05, 4.69) is 6.92 Å². The molecule has 19 heavy (non-hydrogen) atoms. The third-order valence-corrected chi connectivity index (χ3v) is 4.86. The fourth-order valence-corrected chi connectivity index (χ4v) is 3.35. The third kappa shape index (κ3) is 3.93. The second-order valence-electron chi connectivity index (χ2n) is 6.56. The standard InChI is InChI=1S/C15H28N2O2/c1-15(19-2)8-3-9-17(11-15)14(18)10-12-4-6-13(16)7-5-12/h12-13H,3-11,16H2,1-2H3. The van der Waals surface area contributed by atoms with Gasteiger partial charge in [0, 0.05) is 32.7 Å². The number of nitrogens with two attached hydrogens (primary N) is 1. The van der Waals surface area contributed by atoms with E-state index in [1.165, 1.54) is 0 Å². The fourth-order valence-electron chi connectivity index (χ4n) is 3.35. The Morgan fingerprint density at radius 2 is 2.05 bits per heavy atom. The summed E-state index contributed by atoms with van der Waals surface area (Å²) in [6.45, 7) is 3.74. The zero-order chi connectivity index (χ0) is 13.9. The summed E-state index contributed by atoms with van der Waals surface area (Å²) in [7, 11) is 1.75. The molecule has 2 N–H and O–H groups in total. The molecule has 0 aromatic rings. The molecule has 1 amide bonds. The van der Waals surface area contributed by atoms with Crippen molar-refractivity contribution < 1.29 is 9.53 Å². The van der Waals surface area contributed by atoms with Gasteiger partial charge in [-0.2, -0.15) is 0 Å². The molecular weight excluding hydrogens is 240 g/mol. The molecule has 0 radical (unpaired) electrons. The van der Waals surface area contributed by atoms with Crippen LogP contribution < -0.4 is 5.73 Å². The first-order chi connectivity index (χ1) is 9.02. The summed E-state index contributed by atoms with van der Waals surface area (Å²) in [5.41, 5.74) is 5.76. The second kappa shape index (κ2) is 6.23. The molecule has 4 nitrogen and oxygen atoms in total. The lowest BCUT2D eigenvalue weighted by molar-refractivity contribution is -0.140. The van der Waals surface area contributed by atoms with Gasteiger partial charge in [-0.05, 0) is 51.4 Å². The zero-order valence-electron chi connectivity index (χ0n) is 12.4. The Bertz CT molecular complexity index is 313. The Morgan fingerprint density at radius 1 is 1.37 bits per heavy atom. The van der Waals surface area contributed by atoms with Gasteiger partial charge in [0.15, 0.2) is 0 Å². The number of piperidine rings is 1. The molecule has 0 aromatic carbocycles. The average Bonchev–Trinajstić information content (AvgIpc) is 2.41. The molecule has 0 spiro atoms. The largest absolute Gasteiger partial charge is 0.377 e. The summed E-state index contributed by atoms with van der Waals surface area (Å²) < 4.78 is 5.55. The van der Waals surface area contributed by atoms with E-state index in [1.54, 1.807) is 7.11 Å². The topological polar surface area (TPSA) is 55.6 Å². The zero-order valence-corrected chi connectivity index (χ0v) is 12.4. The van der Waals surface area contributed by atoms with Crippen LogP contribution in [0.25, 0.3) is 0 Å². The van der Waals surface area contributed by atoms with Gasteiger partial charge in [-0.25, -0.2) is 0 Å². The maximum absolute atomic E-state index is 12.4. The van der Waals surface area contributed by atoms with Crippen molar-refractivity contribution in [3.63, 3.8) is 0 Å². The van der Waals surface area contributed by atoms with Crippen LogP contribution in [-0.2, 0) is 9.53 Å². The molecule has 1 unspecified atom stereocenters. The van der Waals surface area contributed by atoms with Crippen molar-refractivity contribution in [1.82, 2.24) is 4.90 Å². The molecule has 1 aliphatic heterocycles. The van der Waals surface area contributed by atoms with Crippen LogP contribution in [-0.4, -0.2) is 42.6 Å². The number of methoxy groups -OCH3 is 1. The van der Waals surface area contributed by atoms with Crippen molar-refractivity contribution in [2.24, 2.45) is 11.7 Å². The third-order valence-electron chi connectivity index (χ3n) is 4.86. The molecule has 1 atom stereocenters. The van der Waals surface area contributed by atoms with E-state index < -0.39 is 0 Å². The number of nitrogens with zero attached hydrogens (tertiary/aromatic N) is 1. The highest BCUT2D eigenvalue weighted by atomic mass is 16.5. The summed E-state index contributed by atoms with van der Waals surface area (Å²) in [6, 6.07) is 0.359. The molecule has 2 fully saturated rings. The van der Waals surface area contributed by atoms with Gasteiger partial charge in [-0.1, -0.05) is 0 Å². The first-order valence-corrected chi connectivity index (χ1v) is 7.61. The van der Waals surface area contributed by atoms with Crippen molar-refractivity contribution in [2.75, 3.05) is 20.2 Å². The first-order valence-electron chi connectivity index (χ1n) is 7.61. The predicted octanol–water partition coefficient (Wildman–Crippen LogP) is 1.92. The highest BCUT2D eigenvalue weighted by Crippen LogP contribution is 2.29. The van der Waals surface area contributed by atoms with Crippen LogP contribution in [0.15, 0.2) is 0 Å². The SMILES string of the molecule is COC1(C)CCCN(C(=O)CC2CCC(N)CC2)C1. The van der Waals surface area contributed by atoms with Crippen LogP contribution in [0.3, 0.4) is 0 Å². The number of hydrogen-bond acceptors (Lipinski definition) is 3. The van der Waals surface area contributed by atoms with Crippen LogP contribution in [0.4, 0.5) is 0 Å². The van der Waals surface area contributed by atoms with Crippen molar-refractivity contribution in [1.29, 1.82) is 0 Å². The lowest BCUT2D eigenvalue weighted by Crippen LogP contribution is -2.50. The fraction of sp³-hybridized carbons (Fsp3) is 0.933. The predicted molar refractivity (Wildman–Crippen MR) is 75.8 cm³/mol. The van der Waals surface area contributed by atoms with Gasteiger partial charge in [-0.3, -0.25) is 4.79 Å². The minimum Gasteiger partial charge on any atom is -0.377 e. The van der Waals surface area contributed by atoms with Crippen LogP contribution in [0.5, 0.6) is 0 Å². The second-order valence-corrected chi connectivity index (χ2v) is 6.56. The minimum absolute atomic E-state index is 0.150. The van der Waals surface area contributed by atoms with E-state index in [9.17, 15) is 4.79 Å². The molecule has 0 aromatic heterocycles. The van der Waals surface area contributed by atoms with Gasteiger partial charge in [-0.15, -0.1) is 0 Å². The van der Waals surface area contributed by atoms with E-state index in [4.69, 9.17) is 10.5 Å². The monoisotopic (exact) mass is 268 g/mol. The number of rotatable bonds is 3. The Morgan fingerprint density at radius 3 is 2.68 bits per heavy atom. The van der Waals surface area contributed by atoms with Crippen molar-refractivity contribution in [3.8, 4) is 0 Å². The summed E-state index contributed by atoms with van der Waals surface area (Å²) in [5.74, 6) is 0.853. The highest BCUT2D eigenvalue weighted by Gasteiger charge is 2.33. The summed E-state index contributed by atoms with van der Waals surface area (Å²) in [5, 5.41) is 0. The smallest absolute Gasteiger partial charge is 0.222 e. The number of hydrogen-bond donors (Lipinski definition) is 1. The summed E-state index contributed by atoms with van der Waals surface area (Å²) in [4.78, 5) is 14.4. The maximum atomic E-state index is 12.4. The van der Waals surface area contributed by atoms with E-state index in [0.717, 1.165) is 51.6 Å². The highest BCUT2D eigenvalue weighted by molar-refractivity contribution is 5.76. The Labute approximate surface area is 116 Å². The molecular formula is C15H28N2O2. The molecule has 1 saturated heterocycles. The van der Waals surface area contributed by atoms with E-state index >= 15 is 0 Å². The van der Waals surface area contributed by atoms with Crippen LogP contribution >= 0.6 is 0 Å². The molecule has 4 heteroatoms. The van der Waals surface area contributed by atoms with Crippen LogP contribution in [0, 0.1) is 5.92 Å². The van der Waals surface area contributed by atoms with Crippen LogP contribution in [0.1, 0.15) is 51.9 Å². The lowest BCUT2D eigenvalue weighted by Gasteiger charge is -2.40. The molecule has 2 aliphatic rings. The van der Waals surface area contributed by atoms with Gasteiger partial charge in [0.2, 0.25) is 5.91 Å². The summed E-state index contributed by atoms with van der Waals surface area (Å²) >= 11 is 0. The minimum atomic E-state index is -0.150. The van der Waals surface area contributed by atoms with Gasteiger partial charge in [0.1, 0.15) is 0 Å². The first kappa shape index (κ1) is 14.8. The summed E-state index contributed by atoms with van der Waals surface area (Å²) in [6.07, 6.45) is 7.18. The Hall–Kier alpha value is -0.610. The number of carbonyl (C=O) groups excluding carboxylic acids is 1. The van der Waals surface area contributed by atoms with E-state index in [-0.39, 0.29) is 5.60 Å². The molecule has 1 heterocycles. The van der Waals surface area contributed by atoms with Gasteiger partial charge < -0.3 is 15.4 Å². The van der Waals surface area contributed by atoms with Crippen molar-refractivity contribution in [3.05, 3.63) is 0 Å². The Balaban J connectivity index is 1.82. The number of amides is 1.